The molecule has 2 saturated heterocycles. The van der Waals surface area contributed by atoms with E-state index in [1.54, 1.807) is 19.2 Å². The van der Waals surface area contributed by atoms with Crippen LogP contribution < -0.4 is 15.0 Å². The first-order valence-electron chi connectivity index (χ1n) is 16.0. The van der Waals surface area contributed by atoms with Crippen LogP contribution in [0, 0.1) is 11.7 Å². The lowest BCUT2D eigenvalue weighted by Crippen LogP contribution is -2.58. The van der Waals surface area contributed by atoms with Crippen molar-refractivity contribution in [2.45, 2.75) is 50.6 Å². The molecule has 1 amide bonds. The second-order valence-electron chi connectivity index (χ2n) is 12.4. The van der Waals surface area contributed by atoms with Crippen molar-refractivity contribution >= 4 is 11.6 Å². The monoisotopic (exact) mass is 584 g/mol. The van der Waals surface area contributed by atoms with Gasteiger partial charge < -0.3 is 15.0 Å². The summed E-state index contributed by atoms with van der Waals surface area (Å²) in [5.74, 6) is 1.28. The quantitative estimate of drug-likeness (QED) is 0.366. The second kappa shape index (κ2) is 13.9. The number of methoxy groups -OCH3 is 1. The Morgan fingerprint density at radius 3 is 2.28 bits per heavy atom. The van der Waals surface area contributed by atoms with Gasteiger partial charge in [0.05, 0.1) is 12.8 Å². The van der Waals surface area contributed by atoms with Crippen molar-refractivity contribution in [1.82, 2.24) is 15.1 Å². The molecule has 6 nitrogen and oxygen atoms in total. The third kappa shape index (κ3) is 7.22. The van der Waals surface area contributed by atoms with Crippen molar-refractivity contribution in [3.05, 3.63) is 95.3 Å². The van der Waals surface area contributed by atoms with E-state index in [0.29, 0.717) is 36.7 Å². The number of rotatable bonds is 10. The molecule has 0 aromatic heterocycles. The van der Waals surface area contributed by atoms with Gasteiger partial charge in [0.15, 0.2) is 0 Å². The fourth-order valence-corrected chi connectivity index (χ4v) is 7.48. The number of nitrogens with zero attached hydrogens (tertiary/aromatic N) is 3. The predicted molar refractivity (Wildman–Crippen MR) is 170 cm³/mol. The Morgan fingerprint density at radius 2 is 1.58 bits per heavy atom. The largest absolute Gasteiger partial charge is 0.497 e. The van der Waals surface area contributed by atoms with Crippen LogP contribution in [0.5, 0.6) is 5.75 Å². The summed E-state index contributed by atoms with van der Waals surface area (Å²) in [5.41, 5.74) is 4.88. The number of fused-ring (bicyclic) bond motifs is 1. The lowest BCUT2D eigenvalue weighted by Gasteiger charge is -2.48. The van der Waals surface area contributed by atoms with E-state index in [1.165, 1.54) is 16.7 Å². The van der Waals surface area contributed by atoms with Gasteiger partial charge in [0.1, 0.15) is 11.6 Å². The standard InChI is InChI=1S/C36H45FN4O2/c1-43-32-13-10-27(11-14-32)16-18-38-36(42)15-12-30-26-41(31-24-28-6-2-3-7-29(28)25-31)19-17-34(30)39-20-22-40(23-21-39)35-9-5-4-8-33(35)37/h2-11,13-14,30-31,34H,12,15-26H2,1H3,(H,38,42)/t30-,34+/m1/s1. The summed E-state index contributed by atoms with van der Waals surface area (Å²) in [4.78, 5) is 20.5. The first kappa shape index (κ1) is 29.6. The summed E-state index contributed by atoms with van der Waals surface area (Å²) in [6, 6.07) is 25.0. The van der Waals surface area contributed by atoms with E-state index in [0.717, 1.165) is 77.1 Å². The number of halogens is 1. The number of para-hydroxylation sites is 1. The Hall–Kier alpha value is -3.42. The van der Waals surface area contributed by atoms with E-state index < -0.39 is 0 Å². The van der Waals surface area contributed by atoms with Crippen molar-refractivity contribution in [3.63, 3.8) is 0 Å². The molecule has 228 valence electrons. The topological polar surface area (TPSA) is 48.1 Å². The van der Waals surface area contributed by atoms with Crippen LogP contribution >= 0.6 is 0 Å². The number of piperidine rings is 1. The van der Waals surface area contributed by atoms with Crippen LogP contribution in [0.3, 0.4) is 0 Å². The summed E-state index contributed by atoms with van der Waals surface area (Å²) in [5, 5.41) is 3.16. The molecule has 2 fully saturated rings. The average Bonchev–Trinajstić information content (AvgIpc) is 3.49. The molecule has 43 heavy (non-hydrogen) atoms. The molecule has 0 spiro atoms. The van der Waals surface area contributed by atoms with Crippen LogP contribution in [0.2, 0.25) is 0 Å². The first-order chi connectivity index (χ1) is 21.1. The Bertz CT molecular complexity index is 1330. The molecule has 3 aromatic rings. The van der Waals surface area contributed by atoms with Gasteiger partial charge >= 0.3 is 0 Å². The van der Waals surface area contributed by atoms with Gasteiger partial charge in [-0.25, -0.2) is 4.39 Å². The van der Waals surface area contributed by atoms with E-state index >= 15 is 0 Å². The summed E-state index contributed by atoms with van der Waals surface area (Å²) < 4.78 is 19.7. The minimum absolute atomic E-state index is 0.141. The summed E-state index contributed by atoms with van der Waals surface area (Å²) in [6.07, 6.45) is 5.63. The highest BCUT2D eigenvalue weighted by molar-refractivity contribution is 5.75. The first-order valence-corrected chi connectivity index (χ1v) is 16.0. The number of hydrogen-bond donors (Lipinski definition) is 1. The summed E-state index contributed by atoms with van der Waals surface area (Å²) in [7, 11) is 1.67. The molecular weight excluding hydrogens is 539 g/mol. The van der Waals surface area contributed by atoms with E-state index in [9.17, 15) is 9.18 Å². The van der Waals surface area contributed by atoms with Gasteiger partial charge in [-0.1, -0.05) is 48.5 Å². The minimum atomic E-state index is -0.141. The van der Waals surface area contributed by atoms with Crippen molar-refractivity contribution in [2.24, 2.45) is 5.92 Å². The zero-order valence-electron chi connectivity index (χ0n) is 25.4. The summed E-state index contributed by atoms with van der Waals surface area (Å²) >= 11 is 0. The number of ether oxygens (including phenoxy) is 1. The Balaban J connectivity index is 1.06. The van der Waals surface area contributed by atoms with Gasteiger partial charge in [-0.3, -0.25) is 14.6 Å². The molecule has 2 aliphatic heterocycles. The number of benzene rings is 3. The second-order valence-corrected chi connectivity index (χ2v) is 12.4. The highest BCUT2D eigenvalue weighted by Gasteiger charge is 2.38. The molecule has 2 atom stereocenters. The zero-order valence-corrected chi connectivity index (χ0v) is 25.4. The molecule has 0 unspecified atom stereocenters. The van der Waals surface area contributed by atoms with Crippen LogP contribution in [0.25, 0.3) is 0 Å². The molecular formula is C36H45FN4O2. The number of likely N-dealkylation sites (tertiary alicyclic amines) is 1. The molecule has 7 heteroatoms. The van der Waals surface area contributed by atoms with Crippen LogP contribution in [0.1, 0.15) is 36.0 Å². The number of carbonyl (C=O) groups is 1. The van der Waals surface area contributed by atoms with Gasteiger partial charge in [-0.15, -0.1) is 0 Å². The van der Waals surface area contributed by atoms with Gasteiger partial charge in [-0.2, -0.15) is 0 Å². The molecule has 6 rings (SSSR count). The SMILES string of the molecule is COc1ccc(CCNC(=O)CC[C@@H]2CN(C3Cc4ccccc4C3)CC[C@@H]2N2CCN(c3ccccc3F)CC2)cc1. The molecule has 0 radical (unpaired) electrons. The fourth-order valence-electron chi connectivity index (χ4n) is 7.48. The number of piperazine rings is 1. The number of carbonyl (C=O) groups excluding carboxylic acids is 1. The van der Waals surface area contributed by atoms with E-state index in [1.807, 2.05) is 24.3 Å². The number of hydrogen-bond acceptors (Lipinski definition) is 5. The van der Waals surface area contributed by atoms with Crippen molar-refractivity contribution in [2.75, 3.05) is 57.8 Å². The lowest BCUT2D eigenvalue weighted by molar-refractivity contribution is -0.121. The zero-order chi connectivity index (χ0) is 29.6. The molecule has 1 N–H and O–H groups in total. The normalized spacial score (nSPS) is 21.5. The number of nitrogens with one attached hydrogen (secondary N) is 1. The molecule has 0 saturated carbocycles. The van der Waals surface area contributed by atoms with Gasteiger partial charge in [0.25, 0.3) is 0 Å². The third-order valence-electron chi connectivity index (χ3n) is 9.88. The fraction of sp³-hybridized carbons (Fsp3) is 0.472. The third-order valence-corrected chi connectivity index (χ3v) is 9.88. The van der Waals surface area contributed by atoms with Crippen molar-refractivity contribution < 1.29 is 13.9 Å². The van der Waals surface area contributed by atoms with Gasteiger partial charge in [0, 0.05) is 57.8 Å². The van der Waals surface area contributed by atoms with Crippen LogP contribution in [0.15, 0.2) is 72.8 Å². The average molecular weight is 585 g/mol. The Labute approximate surface area is 255 Å². The minimum Gasteiger partial charge on any atom is -0.497 e. The van der Waals surface area contributed by atoms with Crippen LogP contribution in [0.4, 0.5) is 10.1 Å². The number of anilines is 1. The highest BCUT2D eigenvalue weighted by atomic mass is 19.1. The van der Waals surface area contributed by atoms with E-state index in [-0.39, 0.29) is 11.7 Å². The Morgan fingerprint density at radius 1 is 0.884 bits per heavy atom. The number of amides is 1. The molecule has 0 bridgehead atoms. The highest BCUT2D eigenvalue weighted by Crippen LogP contribution is 2.33. The molecule has 1 aliphatic carbocycles. The van der Waals surface area contributed by atoms with Crippen LogP contribution in [-0.4, -0.2) is 80.7 Å². The molecule has 3 aliphatic rings. The van der Waals surface area contributed by atoms with Crippen molar-refractivity contribution in [3.8, 4) is 5.75 Å². The predicted octanol–water partition coefficient (Wildman–Crippen LogP) is 4.95. The van der Waals surface area contributed by atoms with E-state index in [4.69, 9.17) is 4.74 Å². The Kier molecular flexibility index (Phi) is 9.59. The lowest BCUT2D eigenvalue weighted by atomic mass is 9.85. The van der Waals surface area contributed by atoms with Gasteiger partial charge in [-0.05, 0) is 85.5 Å². The molecule has 3 aromatic carbocycles. The van der Waals surface area contributed by atoms with E-state index in [2.05, 4.69) is 56.4 Å². The smallest absolute Gasteiger partial charge is 0.220 e. The maximum absolute atomic E-state index is 14.5. The summed E-state index contributed by atoms with van der Waals surface area (Å²) in [6.45, 7) is 6.30. The van der Waals surface area contributed by atoms with Gasteiger partial charge in [0.2, 0.25) is 5.91 Å². The van der Waals surface area contributed by atoms with Crippen LogP contribution in [-0.2, 0) is 24.1 Å². The van der Waals surface area contributed by atoms with Crippen molar-refractivity contribution in [1.29, 1.82) is 0 Å². The maximum atomic E-state index is 14.5. The maximum Gasteiger partial charge on any atom is 0.220 e. The molecule has 2 heterocycles.